The van der Waals surface area contributed by atoms with Crippen LogP contribution in [0.4, 0.5) is 0 Å². The van der Waals surface area contributed by atoms with Gasteiger partial charge in [-0.05, 0) is 63.5 Å². The molecule has 0 spiro atoms. The summed E-state index contributed by atoms with van der Waals surface area (Å²) >= 11 is 0. The second-order valence-electron chi connectivity index (χ2n) is 8.44. The van der Waals surface area contributed by atoms with Crippen LogP contribution in [-0.2, 0) is 0 Å². The molecular formula is C19H34ClN5O. The molecule has 0 atom stereocenters. The predicted octanol–water partition coefficient (Wildman–Crippen LogP) is 3.27. The minimum absolute atomic E-state index is 0. The first-order valence-electron chi connectivity index (χ1n) is 9.91. The van der Waals surface area contributed by atoms with Gasteiger partial charge in [-0.15, -0.1) is 17.5 Å². The largest absolute Gasteiger partial charge is 0.350 e. The summed E-state index contributed by atoms with van der Waals surface area (Å²) in [6.07, 6.45) is 8.30. The van der Waals surface area contributed by atoms with E-state index < -0.39 is 0 Å². The SMILES string of the molecule is Cc1c(C(=O)NCC2(CC(C)C)CCCC2)nnn1C1CCNCC1.Cl. The zero-order valence-electron chi connectivity index (χ0n) is 16.4. The molecular weight excluding hydrogens is 350 g/mol. The molecule has 1 saturated carbocycles. The van der Waals surface area contributed by atoms with Crippen LogP contribution in [-0.4, -0.2) is 40.5 Å². The van der Waals surface area contributed by atoms with Crippen LogP contribution in [0.1, 0.15) is 81.0 Å². The molecule has 2 N–H and O–H groups in total. The number of nitrogens with zero attached hydrogens (tertiary/aromatic N) is 3. The van der Waals surface area contributed by atoms with Crippen molar-refractivity contribution < 1.29 is 4.79 Å². The highest BCUT2D eigenvalue weighted by Gasteiger charge is 2.35. The first-order valence-corrected chi connectivity index (χ1v) is 9.91. The second kappa shape index (κ2) is 9.18. The quantitative estimate of drug-likeness (QED) is 0.790. The highest BCUT2D eigenvalue weighted by Crippen LogP contribution is 2.42. The smallest absolute Gasteiger partial charge is 0.273 e. The average Bonchev–Trinajstić information content (AvgIpc) is 3.20. The van der Waals surface area contributed by atoms with Gasteiger partial charge in [0.1, 0.15) is 0 Å². The van der Waals surface area contributed by atoms with E-state index in [2.05, 4.69) is 34.8 Å². The summed E-state index contributed by atoms with van der Waals surface area (Å²) in [7, 11) is 0. The summed E-state index contributed by atoms with van der Waals surface area (Å²) in [6, 6.07) is 0.359. The normalized spacial score (nSPS) is 20.2. The summed E-state index contributed by atoms with van der Waals surface area (Å²) in [5.74, 6) is 0.602. The predicted molar refractivity (Wildman–Crippen MR) is 106 cm³/mol. The fourth-order valence-electron chi connectivity index (χ4n) is 4.74. The summed E-state index contributed by atoms with van der Waals surface area (Å²) in [6.45, 7) is 9.29. The van der Waals surface area contributed by atoms with Gasteiger partial charge in [-0.3, -0.25) is 4.79 Å². The van der Waals surface area contributed by atoms with E-state index in [-0.39, 0.29) is 23.7 Å². The maximum Gasteiger partial charge on any atom is 0.273 e. The molecule has 148 valence electrons. The molecule has 0 unspecified atom stereocenters. The van der Waals surface area contributed by atoms with Gasteiger partial charge in [0.05, 0.1) is 11.7 Å². The molecule has 6 nitrogen and oxygen atoms in total. The van der Waals surface area contributed by atoms with Crippen LogP contribution >= 0.6 is 12.4 Å². The molecule has 1 aliphatic heterocycles. The third kappa shape index (κ3) is 4.77. The molecule has 1 saturated heterocycles. The lowest BCUT2D eigenvalue weighted by molar-refractivity contribution is 0.0916. The lowest BCUT2D eigenvalue weighted by atomic mass is 9.78. The van der Waals surface area contributed by atoms with Crippen molar-refractivity contribution in [2.24, 2.45) is 11.3 Å². The van der Waals surface area contributed by atoms with Gasteiger partial charge in [-0.25, -0.2) is 4.68 Å². The van der Waals surface area contributed by atoms with E-state index in [1.807, 2.05) is 11.6 Å². The molecule has 2 heterocycles. The third-order valence-corrected chi connectivity index (χ3v) is 5.93. The Hall–Kier alpha value is -1.14. The van der Waals surface area contributed by atoms with Crippen LogP contribution in [0, 0.1) is 18.3 Å². The number of carbonyl (C=O) groups excluding carboxylic acids is 1. The molecule has 0 aromatic carbocycles. The van der Waals surface area contributed by atoms with E-state index in [9.17, 15) is 4.79 Å². The van der Waals surface area contributed by atoms with Crippen LogP contribution in [0.5, 0.6) is 0 Å². The van der Waals surface area contributed by atoms with Crippen LogP contribution in [0.2, 0.25) is 0 Å². The van der Waals surface area contributed by atoms with E-state index in [0.29, 0.717) is 17.7 Å². The van der Waals surface area contributed by atoms with E-state index in [1.54, 1.807) is 0 Å². The number of halogens is 1. The van der Waals surface area contributed by atoms with Gasteiger partial charge in [-0.2, -0.15) is 0 Å². The zero-order valence-corrected chi connectivity index (χ0v) is 17.2. The number of nitrogens with one attached hydrogen (secondary N) is 2. The van der Waals surface area contributed by atoms with Gasteiger partial charge >= 0.3 is 0 Å². The van der Waals surface area contributed by atoms with Gasteiger partial charge in [0.25, 0.3) is 5.91 Å². The van der Waals surface area contributed by atoms with Gasteiger partial charge in [0.2, 0.25) is 0 Å². The number of piperidine rings is 1. The summed E-state index contributed by atoms with van der Waals surface area (Å²) < 4.78 is 1.95. The lowest BCUT2D eigenvalue weighted by Crippen LogP contribution is -2.37. The Morgan fingerprint density at radius 3 is 2.58 bits per heavy atom. The van der Waals surface area contributed by atoms with Crippen molar-refractivity contribution in [3.63, 3.8) is 0 Å². The fourth-order valence-corrected chi connectivity index (χ4v) is 4.74. The highest BCUT2D eigenvalue weighted by atomic mass is 35.5. The first kappa shape index (κ1) is 21.2. The third-order valence-electron chi connectivity index (χ3n) is 5.93. The van der Waals surface area contributed by atoms with Crippen molar-refractivity contribution >= 4 is 18.3 Å². The van der Waals surface area contributed by atoms with E-state index in [4.69, 9.17) is 0 Å². The Bertz CT molecular complexity index is 589. The van der Waals surface area contributed by atoms with Crippen molar-refractivity contribution in [3.8, 4) is 0 Å². The monoisotopic (exact) mass is 383 g/mol. The maximum atomic E-state index is 12.7. The van der Waals surface area contributed by atoms with Crippen LogP contribution in [0.3, 0.4) is 0 Å². The first-order chi connectivity index (χ1) is 12.0. The van der Waals surface area contributed by atoms with Gasteiger partial charge in [0, 0.05) is 6.54 Å². The standard InChI is InChI=1S/C19H33N5O.ClH/c1-14(2)12-19(8-4-5-9-19)13-21-18(25)17-15(3)24(23-22-17)16-6-10-20-11-7-16;/h14,16,20H,4-13H2,1-3H3,(H,21,25);1H. The molecule has 1 amide bonds. The van der Waals surface area contributed by atoms with Gasteiger partial charge < -0.3 is 10.6 Å². The summed E-state index contributed by atoms with van der Waals surface area (Å²) in [4.78, 5) is 12.7. The molecule has 0 bridgehead atoms. The summed E-state index contributed by atoms with van der Waals surface area (Å²) in [5, 5.41) is 15.0. The van der Waals surface area contributed by atoms with E-state index in [1.165, 1.54) is 32.1 Å². The van der Waals surface area contributed by atoms with Crippen molar-refractivity contribution in [1.82, 2.24) is 25.6 Å². The molecule has 3 rings (SSSR count). The summed E-state index contributed by atoms with van der Waals surface area (Å²) in [5.41, 5.74) is 1.67. The van der Waals surface area contributed by atoms with Gasteiger partial charge in [-0.1, -0.05) is 31.9 Å². The number of amides is 1. The van der Waals surface area contributed by atoms with Crippen molar-refractivity contribution in [3.05, 3.63) is 11.4 Å². The molecule has 26 heavy (non-hydrogen) atoms. The number of hydrogen-bond acceptors (Lipinski definition) is 4. The van der Waals surface area contributed by atoms with Crippen molar-refractivity contribution in [2.45, 2.75) is 71.8 Å². The number of aromatic nitrogens is 3. The molecule has 2 fully saturated rings. The van der Waals surface area contributed by atoms with Crippen molar-refractivity contribution in [2.75, 3.05) is 19.6 Å². The fraction of sp³-hybridized carbons (Fsp3) is 0.842. The minimum atomic E-state index is -0.0623. The van der Waals surface area contributed by atoms with Crippen LogP contribution < -0.4 is 10.6 Å². The van der Waals surface area contributed by atoms with Gasteiger partial charge in [0.15, 0.2) is 5.69 Å². The Labute approximate surface area is 163 Å². The molecule has 1 aromatic rings. The van der Waals surface area contributed by atoms with E-state index in [0.717, 1.165) is 38.2 Å². The number of hydrogen-bond donors (Lipinski definition) is 2. The molecule has 7 heteroatoms. The average molecular weight is 384 g/mol. The number of carbonyl (C=O) groups is 1. The molecule has 1 aromatic heterocycles. The van der Waals surface area contributed by atoms with Crippen molar-refractivity contribution in [1.29, 1.82) is 0 Å². The number of rotatable bonds is 6. The molecule has 1 aliphatic carbocycles. The Morgan fingerprint density at radius 1 is 1.31 bits per heavy atom. The maximum absolute atomic E-state index is 12.7. The topological polar surface area (TPSA) is 71.8 Å². The minimum Gasteiger partial charge on any atom is -0.350 e. The Kier molecular flexibility index (Phi) is 7.47. The van der Waals surface area contributed by atoms with Crippen LogP contribution in [0.15, 0.2) is 0 Å². The van der Waals surface area contributed by atoms with E-state index >= 15 is 0 Å². The second-order valence-corrected chi connectivity index (χ2v) is 8.44. The molecule has 0 radical (unpaired) electrons. The van der Waals surface area contributed by atoms with Crippen LogP contribution in [0.25, 0.3) is 0 Å². The zero-order chi connectivity index (χ0) is 17.9. The lowest BCUT2D eigenvalue weighted by Gasteiger charge is -2.31. The highest BCUT2D eigenvalue weighted by molar-refractivity contribution is 5.93. The Balaban J connectivity index is 0.00000243. The Morgan fingerprint density at radius 2 is 1.96 bits per heavy atom. The molecule has 2 aliphatic rings.